The standard InChI is InChI=1S/Na.H2O3S.Pt.H/c;1-4(2)3;;/h;(H2,1,2,3);;/q+1;;;-1. The van der Waals surface area contributed by atoms with Gasteiger partial charge in [-0.2, -0.15) is 4.21 Å². The number of hydrogen-bond acceptors (Lipinski definition) is 1. The second-order valence-electron chi connectivity index (χ2n) is 0.231. The van der Waals surface area contributed by atoms with Gasteiger partial charge in [-0.3, -0.25) is 9.11 Å². The normalized spacial score (nSPS) is 5.83. The van der Waals surface area contributed by atoms with Gasteiger partial charge in [0.25, 0.3) is 11.4 Å². The Balaban J connectivity index is -0.0000000150. The molecule has 0 aromatic rings. The van der Waals surface area contributed by atoms with Gasteiger partial charge in [0, 0.05) is 21.1 Å². The molecule has 0 spiro atoms. The molecule has 0 aliphatic heterocycles. The van der Waals surface area contributed by atoms with Crippen molar-refractivity contribution in [1.29, 1.82) is 0 Å². The van der Waals surface area contributed by atoms with Crippen LogP contribution < -0.4 is 29.6 Å². The van der Waals surface area contributed by atoms with Crippen molar-refractivity contribution in [3.63, 3.8) is 0 Å². The molecule has 0 aliphatic carbocycles. The topological polar surface area (TPSA) is 57.5 Å². The largest absolute Gasteiger partial charge is 1.00 e. The molecule has 0 heterocycles. The number of rotatable bonds is 0. The van der Waals surface area contributed by atoms with Gasteiger partial charge >= 0.3 is 29.6 Å². The van der Waals surface area contributed by atoms with Crippen molar-refractivity contribution in [2.24, 2.45) is 0 Å². The fourth-order valence-corrected chi connectivity index (χ4v) is 0. The Morgan fingerprint density at radius 2 is 1.50 bits per heavy atom. The first-order valence-corrected chi connectivity index (χ1v) is 1.60. The van der Waals surface area contributed by atoms with Gasteiger partial charge < -0.3 is 1.43 Å². The number of hydrogen-bond donors (Lipinski definition) is 2. The molecule has 0 fully saturated rings. The van der Waals surface area contributed by atoms with Crippen LogP contribution in [0.4, 0.5) is 0 Å². The Labute approximate surface area is 76.0 Å². The van der Waals surface area contributed by atoms with Crippen LogP contribution in [0.5, 0.6) is 0 Å². The molecule has 38 valence electrons. The van der Waals surface area contributed by atoms with Crippen LogP contribution in [0, 0.1) is 0 Å². The van der Waals surface area contributed by atoms with E-state index in [4.69, 9.17) is 13.3 Å². The fraction of sp³-hybridized carbons (Fsp3) is 0. The van der Waals surface area contributed by atoms with Gasteiger partial charge in [0.05, 0.1) is 0 Å². The summed E-state index contributed by atoms with van der Waals surface area (Å²) in [6, 6.07) is 0. The zero-order valence-electron chi connectivity index (χ0n) is 4.03. The molecule has 0 aromatic carbocycles. The van der Waals surface area contributed by atoms with E-state index in [0.29, 0.717) is 0 Å². The second-order valence-corrected chi connectivity index (χ2v) is 0.692. The predicted octanol–water partition coefficient (Wildman–Crippen LogP) is -3.20. The van der Waals surface area contributed by atoms with Crippen molar-refractivity contribution in [2.45, 2.75) is 0 Å². The molecule has 0 aliphatic rings. The Morgan fingerprint density at radius 1 is 1.50 bits per heavy atom. The Kier molecular flexibility index (Phi) is 25.8. The van der Waals surface area contributed by atoms with Gasteiger partial charge in [-0.15, -0.1) is 0 Å². The molecule has 0 rings (SSSR count). The Morgan fingerprint density at radius 3 is 1.50 bits per heavy atom. The van der Waals surface area contributed by atoms with Crippen LogP contribution in [-0.4, -0.2) is 13.3 Å². The molecule has 0 saturated carbocycles. The van der Waals surface area contributed by atoms with Crippen LogP contribution in [0.2, 0.25) is 0 Å². The van der Waals surface area contributed by atoms with Crippen LogP contribution >= 0.6 is 0 Å². The quantitative estimate of drug-likeness (QED) is 0.366. The molecule has 0 aromatic heterocycles. The molecule has 0 unspecified atom stereocenters. The van der Waals surface area contributed by atoms with Crippen molar-refractivity contribution in [1.82, 2.24) is 0 Å². The molecule has 6 heavy (non-hydrogen) atoms. The van der Waals surface area contributed by atoms with E-state index in [-0.39, 0.29) is 52.0 Å². The summed E-state index contributed by atoms with van der Waals surface area (Å²) >= 11 is -2.61. The third kappa shape index (κ3) is 42.2. The van der Waals surface area contributed by atoms with Crippen LogP contribution in [-0.2, 0) is 32.4 Å². The molecular formula is H3NaO3PtS. The molecule has 0 atom stereocenters. The first-order valence-electron chi connectivity index (χ1n) is 0.532. The third-order valence-corrected chi connectivity index (χ3v) is 0. The van der Waals surface area contributed by atoms with Crippen LogP contribution in [0.1, 0.15) is 1.43 Å². The molecule has 2 N–H and O–H groups in total. The maximum absolute atomic E-state index is 8.67. The summed E-state index contributed by atoms with van der Waals surface area (Å²) in [5.41, 5.74) is 0. The van der Waals surface area contributed by atoms with E-state index in [1.807, 2.05) is 0 Å². The van der Waals surface area contributed by atoms with Crippen molar-refractivity contribution in [3.8, 4) is 0 Å². The summed E-state index contributed by atoms with van der Waals surface area (Å²) in [5, 5.41) is 0. The van der Waals surface area contributed by atoms with Crippen LogP contribution in [0.15, 0.2) is 0 Å². The SMILES string of the molecule is O=S(O)O.[H-].[Na+].[Pt]. The van der Waals surface area contributed by atoms with Gasteiger partial charge in [-0.1, -0.05) is 0 Å². The van der Waals surface area contributed by atoms with Crippen LogP contribution in [0.3, 0.4) is 0 Å². The fourth-order valence-electron chi connectivity index (χ4n) is 0. The minimum Gasteiger partial charge on any atom is -1.00 e. The first kappa shape index (κ1) is 15.7. The molecule has 0 radical (unpaired) electrons. The minimum absolute atomic E-state index is 0. The van der Waals surface area contributed by atoms with E-state index in [2.05, 4.69) is 0 Å². The maximum Gasteiger partial charge on any atom is 1.00 e. The van der Waals surface area contributed by atoms with Gasteiger partial charge in [-0.25, -0.2) is 0 Å². The Bertz CT molecular complexity index is 37.9. The third-order valence-electron chi connectivity index (χ3n) is 0. The van der Waals surface area contributed by atoms with E-state index in [1.54, 1.807) is 0 Å². The summed E-state index contributed by atoms with van der Waals surface area (Å²) in [7, 11) is 0. The van der Waals surface area contributed by atoms with Gasteiger partial charge in [0.2, 0.25) is 0 Å². The predicted molar refractivity (Wildman–Crippen MR) is 14.5 cm³/mol. The minimum atomic E-state index is -2.61. The van der Waals surface area contributed by atoms with E-state index in [0.717, 1.165) is 0 Å². The molecule has 0 saturated heterocycles. The maximum atomic E-state index is 8.67. The van der Waals surface area contributed by atoms with Crippen molar-refractivity contribution < 1.29 is 65.4 Å². The van der Waals surface area contributed by atoms with E-state index >= 15 is 0 Å². The summed E-state index contributed by atoms with van der Waals surface area (Å²) in [5.74, 6) is 0. The van der Waals surface area contributed by atoms with Crippen molar-refractivity contribution >= 4 is 11.4 Å². The average Bonchev–Trinajstić information content (AvgIpc) is 0.811. The second kappa shape index (κ2) is 9.90. The summed E-state index contributed by atoms with van der Waals surface area (Å²) < 4.78 is 22.8. The molecular weight excluding hydrogens is 298 g/mol. The molecule has 0 amide bonds. The smallest absolute Gasteiger partial charge is 1.00 e. The average molecular weight is 301 g/mol. The molecule has 0 bridgehead atoms. The summed E-state index contributed by atoms with van der Waals surface area (Å²) in [4.78, 5) is 0. The Hall–Kier alpha value is 1.76. The van der Waals surface area contributed by atoms with Crippen LogP contribution in [0.25, 0.3) is 0 Å². The summed E-state index contributed by atoms with van der Waals surface area (Å²) in [6.07, 6.45) is 0. The van der Waals surface area contributed by atoms with Gasteiger partial charge in [0.1, 0.15) is 0 Å². The monoisotopic (exact) mass is 301 g/mol. The van der Waals surface area contributed by atoms with E-state index in [1.165, 1.54) is 0 Å². The van der Waals surface area contributed by atoms with Crippen molar-refractivity contribution in [2.75, 3.05) is 0 Å². The van der Waals surface area contributed by atoms with Gasteiger partial charge in [-0.05, 0) is 0 Å². The van der Waals surface area contributed by atoms with E-state index in [9.17, 15) is 0 Å². The first-order chi connectivity index (χ1) is 1.73. The zero-order chi connectivity index (χ0) is 3.58. The van der Waals surface area contributed by atoms with Gasteiger partial charge in [0.15, 0.2) is 0 Å². The zero-order valence-corrected chi connectivity index (χ0v) is 8.12. The molecule has 6 heteroatoms. The van der Waals surface area contributed by atoms with Crippen molar-refractivity contribution in [3.05, 3.63) is 0 Å². The molecule has 3 nitrogen and oxygen atoms in total. The summed E-state index contributed by atoms with van der Waals surface area (Å²) in [6.45, 7) is 0. The van der Waals surface area contributed by atoms with E-state index < -0.39 is 11.4 Å².